The summed E-state index contributed by atoms with van der Waals surface area (Å²) in [5, 5.41) is 0. The first-order chi connectivity index (χ1) is 19.4. The molecule has 0 N–H and O–H groups in total. The van der Waals surface area contributed by atoms with Crippen LogP contribution in [0.1, 0.15) is 99.3 Å². The highest BCUT2D eigenvalue weighted by Gasteiger charge is 2.69. The number of esters is 3. The normalized spacial score (nSPS) is 50.2. The molecule has 41 heavy (non-hydrogen) atoms. The SMILES string of the molecule is CC(=O)OC[C@@H]1CC[C@@]2(OC1)O[C@H]1C[C@H]3[C@@H]4CC[C@H]5C[C@@H](OC(C)=O)[C@H](OC(C)=O)C[C@]5(C)[C@H]4CC[C@]3(C)[C@H]1[C@@H]2C. The summed E-state index contributed by atoms with van der Waals surface area (Å²) < 4.78 is 30.2. The number of hydrogen-bond acceptors (Lipinski definition) is 8. The Balaban J connectivity index is 1.17. The maximum atomic E-state index is 12.0. The van der Waals surface area contributed by atoms with Gasteiger partial charge in [0.25, 0.3) is 0 Å². The highest BCUT2D eigenvalue weighted by atomic mass is 16.7. The molecule has 1 spiro atoms. The van der Waals surface area contributed by atoms with Gasteiger partial charge in [-0.05, 0) is 91.8 Å². The third-order valence-electron chi connectivity index (χ3n) is 12.9. The van der Waals surface area contributed by atoms with Gasteiger partial charge in [0.15, 0.2) is 5.79 Å². The van der Waals surface area contributed by atoms with Crippen molar-refractivity contribution in [2.24, 2.45) is 52.3 Å². The van der Waals surface area contributed by atoms with E-state index in [1.807, 2.05) is 0 Å². The molecule has 4 saturated carbocycles. The Morgan fingerprint density at radius 1 is 0.829 bits per heavy atom. The second-order valence-electron chi connectivity index (χ2n) is 15.0. The molecule has 2 saturated heterocycles. The Hall–Kier alpha value is -1.67. The number of carbonyl (C=O) groups excluding carboxylic acids is 3. The molecule has 6 rings (SSSR count). The molecule has 2 heterocycles. The van der Waals surface area contributed by atoms with Crippen LogP contribution in [0.5, 0.6) is 0 Å². The van der Waals surface area contributed by atoms with Crippen molar-refractivity contribution in [3.63, 3.8) is 0 Å². The van der Waals surface area contributed by atoms with E-state index in [0.29, 0.717) is 48.7 Å². The lowest BCUT2D eigenvalue weighted by Crippen LogP contribution is -2.58. The van der Waals surface area contributed by atoms with Gasteiger partial charge in [0.2, 0.25) is 0 Å². The Kier molecular flexibility index (Phi) is 7.53. The zero-order valence-corrected chi connectivity index (χ0v) is 25.8. The summed E-state index contributed by atoms with van der Waals surface area (Å²) in [6.07, 6.45) is 8.69. The molecule has 6 fully saturated rings. The highest BCUT2D eigenvalue weighted by Crippen LogP contribution is 2.71. The number of rotatable bonds is 4. The first-order valence-corrected chi connectivity index (χ1v) is 16.2. The summed E-state index contributed by atoms with van der Waals surface area (Å²) in [5.41, 5.74) is 0.288. The molecule has 2 aliphatic heterocycles. The second-order valence-corrected chi connectivity index (χ2v) is 15.0. The largest absolute Gasteiger partial charge is 0.465 e. The smallest absolute Gasteiger partial charge is 0.303 e. The Morgan fingerprint density at radius 3 is 2.22 bits per heavy atom. The van der Waals surface area contributed by atoms with Crippen molar-refractivity contribution in [3.05, 3.63) is 0 Å². The van der Waals surface area contributed by atoms with Gasteiger partial charge in [0.1, 0.15) is 12.2 Å². The van der Waals surface area contributed by atoms with Crippen molar-refractivity contribution in [1.29, 1.82) is 0 Å². The summed E-state index contributed by atoms with van der Waals surface area (Å²) in [6, 6.07) is 0. The van der Waals surface area contributed by atoms with Crippen molar-refractivity contribution in [1.82, 2.24) is 0 Å². The molecule has 0 amide bonds. The molecule has 8 heteroatoms. The van der Waals surface area contributed by atoms with Crippen LogP contribution in [0.2, 0.25) is 0 Å². The highest BCUT2D eigenvalue weighted by molar-refractivity contribution is 5.67. The molecule has 0 aromatic carbocycles. The third kappa shape index (κ3) is 4.83. The minimum Gasteiger partial charge on any atom is -0.465 e. The van der Waals surface area contributed by atoms with Crippen molar-refractivity contribution in [2.45, 2.75) is 123 Å². The van der Waals surface area contributed by atoms with E-state index in [9.17, 15) is 14.4 Å². The lowest BCUT2D eigenvalue weighted by atomic mass is 9.44. The quantitative estimate of drug-likeness (QED) is 0.323. The number of ether oxygens (including phenoxy) is 5. The van der Waals surface area contributed by atoms with Crippen molar-refractivity contribution < 1.29 is 38.1 Å². The molecule has 0 aromatic rings. The number of hydrogen-bond donors (Lipinski definition) is 0. The maximum absolute atomic E-state index is 12.0. The first-order valence-electron chi connectivity index (χ1n) is 16.2. The van der Waals surface area contributed by atoms with Crippen molar-refractivity contribution in [2.75, 3.05) is 13.2 Å². The van der Waals surface area contributed by atoms with Crippen LogP contribution in [0.15, 0.2) is 0 Å². The maximum Gasteiger partial charge on any atom is 0.303 e. The lowest BCUT2D eigenvalue weighted by Gasteiger charge is -2.62. The summed E-state index contributed by atoms with van der Waals surface area (Å²) in [6.45, 7) is 12.7. The summed E-state index contributed by atoms with van der Waals surface area (Å²) in [4.78, 5) is 35.2. The van der Waals surface area contributed by atoms with Gasteiger partial charge in [-0.15, -0.1) is 0 Å². The van der Waals surface area contributed by atoms with Crippen LogP contribution >= 0.6 is 0 Å². The van der Waals surface area contributed by atoms with Gasteiger partial charge in [-0.1, -0.05) is 20.8 Å². The fourth-order valence-electron chi connectivity index (χ4n) is 11.2. The first kappa shape index (κ1) is 29.4. The molecule has 13 atom stereocenters. The Bertz CT molecular complexity index is 1050. The third-order valence-corrected chi connectivity index (χ3v) is 12.9. The predicted molar refractivity (Wildman–Crippen MR) is 149 cm³/mol. The minimum absolute atomic E-state index is 0.0653. The molecule has 6 aliphatic rings. The van der Waals surface area contributed by atoms with Crippen LogP contribution < -0.4 is 0 Å². The molecule has 4 aliphatic carbocycles. The van der Waals surface area contributed by atoms with E-state index in [4.69, 9.17) is 23.7 Å². The van der Waals surface area contributed by atoms with Crippen LogP contribution in [0.4, 0.5) is 0 Å². The van der Waals surface area contributed by atoms with Gasteiger partial charge in [-0.25, -0.2) is 0 Å². The molecule has 0 radical (unpaired) electrons. The van der Waals surface area contributed by atoms with Gasteiger partial charge in [-0.3, -0.25) is 14.4 Å². The van der Waals surface area contributed by atoms with Crippen LogP contribution in [-0.2, 0) is 38.1 Å². The van der Waals surface area contributed by atoms with Gasteiger partial charge in [0.05, 0.1) is 19.3 Å². The fourth-order valence-corrected chi connectivity index (χ4v) is 11.2. The zero-order valence-electron chi connectivity index (χ0n) is 25.8. The summed E-state index contributed by atoms with van der Waals surface area (Å²) in [5.74, 6) is 2.00. The summed E-state index contributed by atoms with van der Waals surface area (Å²) >= 11 is 0. The Labute approximate surface area is 244 Å². The van der Waals surface area contributed by atoms with E-state index in [-0.39, 0.29) is 53.0 Å². The monoisotopic (exact) mass is 574 g/mol. The number of fused-ring (bicyclic) bond motifs is 7. The average Bonchev–Trinajstić information content (AvgIpc) is 3.33. The van der Waals surface area contributed by atoms with Gasteiger partial charge in [-0.2, -0.15) is 0 Å². The summed E-state index contributed by atoms with van der Waals surface area (Å²) in [7, 11) is 0. The second kappa shape index (κ2) is 10.5. The van der Waals surface area contributed by atoms with Gasteiger partial charge < -0.3 is 23.7 Å². The molecule has 0 aromatic heterocycles. The Morgan fingerprint density at radius 2 is 1.56 bits per heavy atom. The number of carbonyl (C=O) groups is 3. The minimum atomic E-state index is -0.511. The standard InChI is InChI=1S/C33H50O8/c1-18-30-28(41-33(18)12-9-22(17-38-33)16-37-19(2)34)14-26-24-8-7-23-13-27(39-20(3)35)29(40-21(4)36)15-32(23,6)25(24)10-11-31(26,30)5/h18,22-30H,7-17H2,1-6H3/t18-,22-,23-,24+,25-,26-,27+,28-,29+,30-,31-,32-,33+/m0/s1. The van der Waals surface area contributed by atoms with Crippen LogP contribution in [0.3, 0.4) is 0 Å². The molecule has 0 bridgehead atoms. The topological polar surface area (TPSA) is 97.4 Å². The van der Waals surface area contributed by atoms with E-state index in [2.05, 4.69) is 20.8 Å². The van der Waals surface area contributed by atoms with Gasteiger partial charge in [0, 0.05) is 39.0 Å². The molecule has 230 valence electrons. The van der Waals surface area contributed by atoms with E-state index >= 15 is 0 Å². The zero-order chi connectivity index (χ0) is 29.3. The predicted octanol–water partition coefficient (Wildman–Crippen LogP) is 5.45. The average molecular weight is 575 g/mol. The molecule has 0 unspecified atom stereocenters. The van der Waals surface area contributed by atoms with Crippen LogP contribution in [0, 0.1) is 52.3 Å². The van der Waals surface area contributed by atoms with Crippen LogP contribution in [-0.4, -0.2) is 55.2 Å². The van der Waals surface area contributed by atoms with Crippen molar-refractivity contribution in [3.8, 4) is 0 Å². The van der Waals surface area contributed by atoms with E-state index < -0.39 is 5.79 Å². The van der Waals surface area contributed by atoms with Crippen LogP contribution in [0.25, 0.3) is 0 Å². The molecular weight excluding hydrogens is 524 g/mol. The van der Waals surface area contributed by atoms with Crippen molar-refractivity contribution >= 4 is 17.9 Å². The van der Waals surface area contributed by atoms with E-state index in [1.165, 1.54) is 40.0 Å². The fraction of sp³-hybridized carbons (Fsp3) is 0.909. The van der Waals surface area contributed by atoms with Gasteiger partial charge >= 0.3 is 17.9 Å². The van der Waals surface area contributed by atoms with E-state index in [1.54, 1.807) is 0 Å². The molecule has 8 nitrogen and oxygen atoms in total. The lowest BCUT2D eigenvalue weighted by molar-refractivity contribution is -0.276. The molecular formula is C33H50O8. The van der Waals surface area contributed by atoms with E-state index in [0.717, 1.165) is 38.5 Å².